The zero-order valence-electron chi connectivity index (χ0n) is 9.77. The van der Waals surface area contributed by atoms with Crippen LogP contribution >= 0.6 is 0 Å². The van der Waals surface area contributed by atoms with Gasteiger partial charge < -0.3 is 5.11 Å². The fraction of sp³-hybridized carbons (Fsp3) is 0.500. The Labute approximate surface area is 91.2 Å². The average Bonchev–Trinajstić information content (AvgIpc) is 2.16. The zero-order chi connectivity index (χ0) is 11.8. The molecule has 0 heterocycles. The molecule has 0 aliphatic heterocycles. The van der Waals surface area contributed by atoms with Crippen molar-refractivity contribution in [1.82, 2.24) is 0 Å². The summed E-state index contributed by atoms with van der Waals surface area (Å²) in [4.78, 5) is 14.5. The second-order valence-corrected chi connectivity index (χ2v) is 3.64. The molecule has 15 heavy (non-hydrogen) atoms. The lowest BCUT2D eigenvalue weighted by atomic mass is 10.0. The quantitative estimate of drug-likeness (QED) is 0.559. The summed E-state index contributed by atoms with van der Waals surface area (Å²) < 4.78 is 0. The Balaban J connectivity index is 4.62. The highest BCUT2D eigenvalue weighted by atomic mass is 16.4. The summed E-state index contributed by atoms with van der Waals surface area (Å²) in [6.45, 7) is 7.59. The van der Waals surface area contributed by atoms with Crippen molar-refractivity contribution in [3.63, 3.8) is 0 Å². The largest absolute Gasteiger partial charge is 0.480 e. The van der Waals surface area contributed by atoms with Crippen LogP contribution in [-0.4, -0.2) is 23.3 Å². The van der Waals surface area contributed by atoms with E-state index < -0.39 is 12.0 Å². The molecular weight excluding hydrogens is 190 g/mol. The average molecular weight is 209 g/mol. The Bertz CT molecular complexity index is 288. The Morgan fingerprint density at radius 1 is 1.33 bits per heavy atom. The van der Waals surface area contributed by atoms with Gasteiger partial charge in [0.25, 0.3) is 0 Å². The summed E-state index contributed by atoms with van der Waals surface area (Å²) in [5.41, 5.74) is 1.03. The maximum atomic E-state index is 10.5. The fourth-order valence-electron chi connectivity index (χ4n) is 0.854. The molecule has 0 bridgehead atoms. The topological polar surface area (TPSA) is 49.7 Å². The molecule has 0 aliphatic carbocycles. The lowest BCUT2D eigenvalue weighted by molar-refractivity contribution is -0.137. The number of hydrogen-bond acceptors (Lipinski definition) is 2. The highest BCUT2D eigenvalue weighted by molar-refractivity contribution is 5.83. The highest BCUT2D eigenvalue weighted by Crippen LogP contribution is 2.07. The van der Waals surface area contributed by atoms with Crippen LogP contribution in [0.4, 0.5) is 0 Å². The molecule has 0 aromatic carbocycles. The second-order valence-electron chi connectivity index (χ2n) is 3.64. The van der Waals surface area contributed by atoms with E-state index in [9.17, 15) is 4.79 Å². The van der Waals surface area contributed by atoms with Crippen LogP contribution in [0.3, 0.4) is 0 Å². The van der Waals surface area contributed by atoms with Crippen molar-refractivity contribution in [3.05, 3.63) is 23.8 Å². The van der Waals surface area contributed by atoms with Gasteiger partial charge in [-0.15, -0.1) is 0 Å². The van der Waals surface area contributed by atoms with E-state index in [1.807, 2.05) is 39.0 Å². The molecule has 0 aromatic rings. The van der Waals surface area contributed by atoms with Gasteiger partial charge in [0, 0.05) is 6.21 Å². The summed E-state index contributed by atoms with van der Waals surface area (Å²) in [6.07, 6.45) is 7.44. The smallest absolute Gasteiger partial charge is 0.328 e. The van der Waals surface area contributed by atoms with Gasteiger partial charge in [-0.1, -0.05) is 32.1 Å². The molecular formula is C12H19NO2. The maximum absolute atomic E-state index is 10.5. The molecule has 0 saturated carbocycles. The molecule has 1 N–H and O–H groups in total. The normalized spacial score (nSPS) is 15.4. The van der Waals surface area contributed by atoms with E-state index in [-0.39, 0.29) is 0 Å². The van der Waals surface area contributed by atoms with Gasteiger partial charge in [-0.2, -0.15) is 0 Å². The fourth-order valence-corrected chi connectivity index (χ4v) is 0.854. The van der Waals surface area contributed by atoms with E-state index in [1.54, 1.807) is 13.1 Å². The van der Waals surface area contributed by atoms with Crippen molar-refractivity contribution in [1.29, 1.82) is 0 Å². The first-order valence-corrected chi connectivity index (χ1v) is 5.07. The van der Waals surface area contributed by atoms with Gasteiger partial charge in [0.2, 0.25) is 0 Å². The van der Waals surface area contributed by atoms with Crippen molar-refractivity contribution in [3.8, 4) is 0 Å². The number of carbonyl (C=O) groups is 1. The van der Waals surface area contributed by atoms with Crippen LogP contribution in [0.1, 0.15) is 27.7 Å². The highest BCUT2D eigenvalue weighted by Gasteiger charge is 2.07. The lowest BCUT2D eigenvalue weighted by Crippen LogP contribution is -2.13. The maximum Gasteiger partial charge on any atom is 0.328 e. The van der Waals surface area contributed by atoms with Crippen molar-refractivity contribution in [2.75, 3.05) is 0 Å². The Morgan fingerprint density at radius 2 is 1.93 bits per heavy atom. The molecule has 3 heteroatoms. The molecule has 0 radical (unpaired) electrons. The van der Waals surface area contributed by atoms with Crippen LogP contribution in [0, 0.1) is 5.92 Å². The molecule has 0 aliphatic rings. The van der Waals surface area contributed by atoms with Crippen LogP contribution in [-0.2, 0) is 4.79 Å². The summed E-state index contributed by atoms with van der Waals surface area (Å²) in [5.74, 6) is -0.564. The number of hydrogen-bond donors (Lipinski definition) is 1. The summed E-state index contributed by atoms with van der Waals surface area (Å²) in [7, 11) is 0. The van der Waals surface area contributed by atoms with Gasteiger partial charge in [0.15, 0.2) is 0 Å². The molecule has 1 atom stereocenters. The van der Waals surface area contributed by atoms with E-state index in [2.05, 4.69) is 4.99 Å². The van der Waals surface area contributed by atoms with E-state index in [0.29, 0.717) is 5.92 Å². The molecule has 0 aromatic heterocycles. The first-order valence-electron chi connectivity index (χ1n) is 5.07. The molecule has 0 spiro atoms. The number of allylic oxidation sites excluding steroid dienone is 4. The van der Waals surface area contributed by atoms with E-state index >= 15 is 0 Å². The van der Waals surface area contributed by atoms with Crippen LogP contribution in [0.15, 0.2) is 28.8 Å². The van der Waals surface area contributed by atoms with Crippen LogP contribution in [0.25, 0.3) is 0 Å². The van der Waals surface area contributed by atoms with Gasteiger partial charge in [-0.05, 0) is 25.3 Å². The molecule has 0 amide bonds. The van der Waals surface area contributed by atoms with Crippen molar-refractivity contribution in [2.24, 2.45) is 10.9 Å². The summed E-state index contributed by atoms with van der Waals surface area (Å²) in [5, 5.41) is 8.66. The predicted molar refractivity (Wildman–Crippen MR) is 63.3 cm³/mol. The molecule has 1 unspecified atom stereocenters. The summed E-state index contributed by atoms with van der Waals surface area (Å²) in [6, 6.07) is -0.683. The predicted octanol–water partition coefficient (Wildman–Crippen LogP) is 2.69. The third kappa shape index (κ3) is 5.83. The monoisotopic (exact) mass is 209 g/mol. The molecule has 3 nitrogen and oxygen atoms in total. The number of nitrogens with zero attached hydrogens (tertiary/aromatic N) is 1. The van der Waals surface area contributed by atoms with Gasteiger partial charge in [-0.25, -0.2) is 4.79 Å². The lowest BCUT2D eigenvalue weighted by Gasteiger charge is -2.05. The zero-order valence-corrected chi connectivity index (χ0v) is 9.77. The minimum Gasteiger partial charge on any atom is -0.480 e. The van der Waals surface area contributed by atoms with Gasteiger partial charge in [-0.3, -0.25) is 4.99 Å². The van der Waals surface area contributed by atoms with E-state index in [0.717, 1.165) is 5.57 Å². The van der Waals surface area contributed by atoms with Crippen LogP contribution < -0.4 is 0 Å². The molecule has 0 rings (SSSR count). The SMILES string of the molecule is C/C=C\C=C(\C=NC(C)C(=O)O)C(C)C. The van der Waals surface area contributed by atoms with E-state index in [4.69, 9.17) is 5.11 Å². The summed E-state index contributed by atoms with van der Waals surface area (Å²) >= 11 is 0. The Kier molecular flexibility index (Phi) is 6.34. The number of aliphatic imine (C=N–C) groups is 1. The number of carboxylic acid groups (broad SMARTS) is 1. The van der Waals surface area contributed by atoms with Gasteiger partial charge in [0.05, 0.1) is 0 Å². The van der Waals surface area contributed by atoms with Crippen molar-refractivity contribution >= 4 is 12.2 Å². The first-order chi connectivity index (χ1) is 6.99. The third-order valence-electron chi connectivity index (χ3n) is 1.95. The van der Waals surface area contributed by atoms with Crippen LogP contribution in [0.5, 0.6) is 0 Å². The van der Waals surface area contributed by atoms with Crippen molar-refractivity contribution < 1.29 is 9.90 Å². The third-order valence-corrected chi connectivity index (χ3v) is 1.95. The minimum atomic E-state index is -0.902. The molecule has 0 saturated heterocycles. The van der Waals surface area contributed by atoms with Crippen molar-refractivity contribution in [2.45, 2.75) is 33.7 Å². The number of carboxylic acids is 1. The number of rotatable bonds is 5. The van der Waals surface area contributed by atoms with Gasteiger partial charge >= 0.3 is 5.97 Å². The van der Waals surface area contributed by atoms with Crippen LogP contribution in [0.2, 0.25) is 0 Å². The standard InChI is InChI=1S/C12H19NO2/c1-5-6-7-11(9(2)3)8-13-10(4)12(14)15/h5-10H,1-4H3,(H,14,15)/b6-5-,11-7-,13-8?. The molecule has 0 fully saturated rings. The first kappa shape index (κ1) is 13.6. The molecule has 84 valence electrons. The minimum absolute atomic E-state index is 0.339. The van der Waals surface area contributed by atoms with Gasteiger partial charge in [0.1, 0.15) is 6.04 Å². The second kappa shape index (κ2) is 6.98. The Hall–Kier alpha value is -1.38. The van der Waals surface area contributed by atoms with E-state index in [1.165, 1.54) is 0 Å². The number of aliphatic carboxylic acids is 1. The Morgan fingerprint density at radius 3 is 2.33 bits per heavy atom.